The van der Waals surface area contributed by atoms with E-state index in [-0.39, 0.29) is 11.5 Å². The van der Waals surface area contributed by atoms with E-state index in [4.69, 9.17) is 5.84 Å². The van der Waals surface area contributed by atoms with Gasteiger partial charge in [-0.25, -0.2) is 5.84 Å². The number of hydrazine groups is 1. The number of hydrogen-bond donors (Lipinski definition) is 2. The van der Waals surface area contributed by atoms with E-state index in [2.05, 4.69) is 5.43 Å². The molecule has 18 heavy (non-hydrogen) atoms. The minimum Gasteiger partial charge on any atom is -0.311 e. The Hall–Kier alpha value is -2.40. The Morgan fingerprint density at radius 1 is 1.17 bits per heavy atom. The first-order chi connectivity index (χ1) is 8.72. The van der Waals surface area contributed by atoms with Crippen molar-refractivity contribution in [1.29, 1.82) is 0 Å². The average molecular weight is 243 g/mol. The topological polar surface area (TPSA) is 77.1 Å². The minimum absolute atomic E-state index is 0.111. The predicted octanol–water partition coefficient (Wildman–Crippen LogP) is 0.500. The molecule has 0 aliphatic carbocycles. The van der Waals surface area contributed by atoms with E-state index < -0.39 is 0 Å². The van der Waals surface area contributed by atoms with Crippen LogP contribution in [0, 0.1) is 0 Å². The summed E-state index contributed by atoms with van der Waals surface area (Å²) in [6.07, 6.45) is 1.68. The molecule has 0 aliphatic rings. The summed E-state index contributed by atoms with van der Waals surface area (Å²) >= 11 is 0. The molecule has 0 aliphatic heterocycles. The lowest BCUT2D eigenvalue weighted by Gasteiger charge is -2.09. The molecule has 92 valence electrons. The van der Waals surface area contributed by atoms with Crippen LogP contribution in [0.2, 0.25) is 0 Å². The normalized spacial score (nSPS) is 10.1. The molecule has 1 amide bonds. The van der Waals surface area contributed by atoms with Gasteiger partial charge in [-0.2, -0.15) is 0 Å². The molecule has 2 rings (SSSR count). The fourth-order valence-corrected chi connectivity index (χ4v) is 1.73. The molecule has 0 atom stereocenters. The van der Waals surface area contributed by atoms with Gasteiger partial charge < -0.3 is 4.57 Å². The number of nitrogen functional groups attached to an aromatic ring is 1. The number of carbonyl (C=O) groups is 1. The SMILES string of the molecule is NNC(=O)c1ccccc1Cn1ccccc1=O. The third-order valence-corrected chi connectivity index (χ3v) is 2.63. The van der Waals surface area contributed by atoms with E-state index in [0.29, 0.717) is 12.1 Å². The Morgan fingerprint density at radius 2 is 1.89 bits per heavy atom. The number of rotatable bonds is 3. The molecule has 0 radical (unpaired) electrons. The molecule has 5 nitrogen and oxygen atoms in total. The Kier molecular flexibility index (Phi) is 3.54. The average Bonchev–Trinajstić information content (AvgIpc) is 2.41. The zero-order chi connectivity index (χ0) is 13.0. The highest BCUT2D eigenvalue weighted by atomic mass is 16.2. The Labute approximate surface area is 104 Å². The first-order valence-corrected chi connectivity index (χ1v) is 5.46. The fraction of sp³-hybridized carbons (Fsp3) is 0.0769. The van der Waals surface area contributed by atoms with Crippen molar-refractivity contribution in [2.75, 3.05) is 0 Å². The maximum absolute atomic E-state index is 11.6. The number of nitrogens with two attached hydrogens (primary N) is 1. The second-order valence-corrected chi connectivity index (χ2v) is 3.80. The Balaban J connectivity index is 2.38. The number of pyridine rings is 1. The molecule has 2 aromatic rings. The summed E-state index contributed by atoms with van der Waals surface area (Å²) in [6, 6.07) is 12.0. The van der Waals surface area contributed by atoms with Gasteiger partial charge in [0, 0.05) is 17.8 Å². The number of benzene rings is 1. The Morgan fingerprint density at radius 3 is 2.61 bits per heavy atom. The van der Waals surface area contributed by atoms with Gasteiger partial charge >= 0.3 is 0 Å². The van der Waals surface area contributed by atoms with Crippen LogP contribution in [0.1, 0.15) is 15.9 Å². The van der Waals surface area contributed by atoms with Crippen LogP contribution in [-0.4, -0.2) is 10.5 Å². The van der Waals surface area contributed by atoms with Crippen LogP contribution in [0.3, 0.4) is 0 Å². The number of nitrogens with one attached hydrogen (secondary N) is 1. The summed E-state index contributed by atoms with van der Waals surface area (Å²) in [6.45, 7) is 0.337. The van der Waals surface area contributed by atoms with Crippen molar-refractivity contribution in [3.05, 3.63) is 70.1 Å². The maximum Gasteiger partial charge on any atom is 0.265 e. The van der Waals surface area contributed by atoms with E-state index in [1.54, 1.807) is 36.5 Å². The molecular formula is C13H13N3O2. The first kappa shape index (κ1) is 12.1. The van der Waals surface area contributed by atoms with E-state index >= 15 is 0 Å². The van der Waals surface area contributed by atoms with Crippen molar-refractivity contribution < 1.29 is 4.79 Å². The Bertz CT molecular complexity index is 619. The lowest BCUT2D eigenvalue weighted by Crippen LogP contribution is -2.31. The smallest absolute Gasteiger partial charge is 0.265 e. The van der Waals surface area contributed by atoms with Crippen molar-refractivity contribution in [3.8, 4) is 0 Å². The quantitative estimate of drug-likeness (QED) is 0.468. The minimum atomic E-state index is -0.366. The van der Waals surface area contributed by atoms with Crippen LogP contribution < -0.4 is 16.8 Å². The van der Waals surface area contributed by atoms with E-state index in [1.807, 2.05) is 6.07 Å². The lowest BCUT2D eigenvalue weighted by atomic mass is 10.1. The van der Waals surface area contributed by atoms with Crippen LogP contribution in [0.5, 0.6) is 0 Å². The number of amides is 1. The number of aromatic nitrogens is 1. The van der Waals surface area contributed by atoms with Crippen molar-refractivity contribution >= 4 is 5.91 Å². The summed E-state index contributed by atoms with van der Waals surface area (Å²) in [4.78, 5) is 23.2. The lowest BCUT2D eigenvalue weighted by molar-refractivity contribution is 0.0952. The zero-order valence-corrected chi connectivity index (χ0v) is 9.67. The summed E-state index contributed by atoms with van der Waals surface area (Å²) in [5.41, 5.74) is 3.20. The summed E-state index contributed by atoms with van der Waals surface area (Å²) in [5, 5.41) is 0. The highest BCUT2D eigenvalue weighted by Gasteiger charge is 2.09. The van der Waals surface area contributed by atoms with Gasteiger partial charge in [-0.1, -0.05) is 24.3 Å². The van der Waals surface area contributed by atoms with E-state index in [0.717, 1.165) is 5.56 Å². The standard InChI is InChI=1S/C13H13N3O2/c14-15-13(18)11-6-2-1-5-10(11)9-16-8-4-3-7-12(16)17/h1-8H,9,14H2,(H,15,18). The highest BCUT2D eigenvalue weighted by molar-refractivity contribution is 5.95. The van der Waals surface area contributed by atoms with Gasteiger partial charge in [0.1, 0.15) is 0 Å². The number of nitrogens with zero attached hydrogens (tertiary/aromatic N) is 1. The molecule has 0 spiro atoms. The van der Waals surface area contributed by atoms with Gasteiger partial charge in [-0.3, -0.25) is 15.0 Å². The van der Waals surface area contributed by atoms with Crippen LogP contribution in [0.4, 0.5) is 0 Å². The van der Waals surface area contributed by atoms with Gasteiger partial charge in [0.2, 0.25) is 0 Å². The van der Waals surface area contributed by atoms with Gasteiger partial charge in [0.15, 0.2) is 0 Å². The highest BCUT2D eigenvalue weighted by Crippen LogP contribution is 2.09. The largest absolute Gasteiger partial charge is 0.311 e. The number of carbonyl (C=O) groups excluding carboxylic acids is 1. The molecule has 0 saturated carbocycles. The molecule has 0 fully saturated rings. The molecule has 3 N–H and O–H groups in total. The van der Waals surface area contributed by atoms with E-state index in [1.165, 1.54) is 10.6 Å². The van der Waals surface area contributed by atoms with Gasteiger partial charge in [0.25, 0.3) is 11.5 Å². The van der Waals surface area contributed by atoms with Crippen LogP contribution in [0.25, 0.3) is 0 Å². The molecule has 0 saturated heterocycles. The van der Waals surface area contributed by atoms with Crippen LogP contribution in [0.15, 0.2) is 53.5 Å². The van der Waals surface area contributed by atoms with Gasteiger partial charge in [0.05, 0.1) is 6.54 Å². The molecule has 1 heterocycles. The number of hydrogen-bond acceptors (Lipinski definition) is 3. The van der Waals surface area contributed by atoms with Crippen molar-refractivity contribution in [1.82, 2.24) is 9.99 Å². The van der Waals surface area contributed by atoms with Crippen molar-refractivity contribution in [2.24, 2.45) is 5.84 Å². The third kappa shape index (κ3) is 2.46. The maximum atomic E-state index is 11.6. The van der Waals surface area contributed by atoms with Crippen molar-refractivity contribution in [3.63, 3.8) is 0 Å². The molecule has 5 heteroatoms. The molecule has 0 unspecified atom stereocenters. The van der Waals surface area contributed by atoms with Crippen LogP contribution >= 0.6 is 0 Å². The van der Waals surface area contributed by atoms with E-state index in [9.17, 15) is 9.59 Å². The monoisotopic (exact) mass is 243 g/mol. The van der Waals surface area contributed by atoms with Crippen LogP contribution in [-0.2, 0) is 6.54 Å². The molecular weight excluding hydrogens is 230 g/mol. The second kappa shape index (κ2) is 5.29. The van der Waals surface area contributed by atoms with Gasteiger partial charge in [-0.05, 0) is 17.7 Å². The van der Waals surface area contributed by atoms with Gasteiger partial charge in [-0.15, -0.1) is 0 Å². The fourth-order valence-electron chi connectivity index (χ4n) is 1.73. The summed E-state index contributed by atoms with van der Waals surface area (Å²) < 4.78 is 1.53. The second-order valence-electron chi connectivity index (χ2n) is 3.80. The first-order valence-electron chi connectivity index (χ1n) is 5.46. The van der Waals surface area contributed by atoms with Crippen molar-refractivity contribution in [2.45, 2.75) is 6.54 Å². The zero-order valence-electron chi connectivity index (χ0n) is 9.67. The summed E-state index contributed by atoms with van der Waals surface area (Å²) in [7, 11) is 0. The molecule has 1 aromatic heterocycles. The molecule has 1 aromatic carbocycles. The predicted molar refractivity (Wildman–Crippen MR) is 67.9 cm³/mol. The third-order valence-electron chi connectivity index (χ3n) is 2.63. The summed E-state index contributed by atoms with van der Waals surface area (Å²) in [5.74, 6) is 4.76. The molecule has 0 bridgehead atoms.